The first kappa shape index (κ1) is 10.8. The maximum absolute atomic E-state index is 3.16. The zero-order valence-electron chi connectivity index (χ0n) is 9.04. The number of rotatable bonds is 2. The predicted molar refractivity (Wildman–Crippen MR) is 67.1 cm³/mol. The summed E-state index contributed by atoms with van der Waals surface area (Å²) in [5.41, 5.74) is 5.43. The third-order valence-corrected chi connectivity index (χ3v) is 2.13. The molecule has 1 aromatic carbocycles. The van der Waals surface area contributed by atoms with Gasteiger partial charge in [-0.15, -0.1) is 5.54 Å². The van der Waals surface area contributed by atoms with Crippen molar-refractivity contribution in [2.75, 3.05) is 0 Å². The Morgan fingerprint density at radius 3 is 2.64 bits per heavy atom. The van der Waals surface area contributed by atoms with Crippen molar-refractivity contribution in [3.63, 3.8) is 0 Å². The van der Waals surface area contributed by atoms with Crippen LogP contribution in [0.5, 0.6) is 0 Å². The molecule has 0 atom stereocenters. The Labute approximate surface area is 89.5 Å². The van der Waals surface area contributed by atoms with Gasteiger partial charge in [0.25, 0.3) is 0 Å². The Kier molecular flexibility index (Phi) is 4.22. The second kappa shape index (κ2) is 5.46. The van der Waals surface area contributed by atoms with E-state index in [1.165, 1.54) is 5.56 Å². The third-order valence-electron chi connectivity index (χ3n) is 1.88. The van der Waals surface area contributed by atoms with Crippen LogP contribution in [0.3, 0.4) is 0 Å². The first-order chi connectivity index (χ1) is 6.74. The Bertz CT molecular complexity index is 378. The summed E-state index contributed by atoms with van der Waals surface area (Å²) in [5, 5.41) is 0. The highest BCUT2D eigenvalue weighted by atomic mass is 28.1. The van der Waals surface area contributed by atoms with E-state index in [0.717, 1.165) is 15.8 Å². The van der Waals surface area contributed by atoms with Crippen molar-refractivity contribution in [3.05, 3.63) is 41.5 Å². The fourth-order valence-corrected chi connectivity index (χ4v) is 1.46. The second-order valence-electron chi connectivity index (χ2n) is 3.57. The van der Waals surface area contributed by atoms with Crippen LogP contribution in [0.4, 0.5) is 0 Å². The minimum absolute atomic E-state index is 0.590. The standard InChI is InChI=1S/C13H16Si/c1-11(2)7-8-12-5-3-4-6-13(12)9-10-14/h3-8,11H,1-2,14H3. The largest absolute Gasteiger partial charge is 0.138 e. The molecule has 14 heavy (non-hydrogen) atoms. The minimum Gasteiger partial charge on any atom is -0.138 e. The average molecular weight is 200 g/mol. The first-order valence-electron chi connectivity index (χ1n) is 4.94. The molecule has 0 nitrogen and oxygen atoms in total. The van der Waals surface area contributed by atoms with Gasteiger partial charge in [-0.1, -0.05) is 50.1 Å². The fourth-order valence-electron chi connectivity index (χ4n) is 1.19. The first-order valence-corrected chi connectivity index (χ1v) is 5.94. The lowest BCUT2D eigenvalue weighted by Gasteiger charge is -1.99. The van der Waals surface area contributed by atoms with Crippen molar-refractivity contribution < 1.29 is 0 Å². The van der Waals surface area contributed by atoms with E-state index >= 15 is 0 Å². The lowest BCUT2D eigenvalue weighted by molar-refractivity contribution is 0.836. The van der Waals surface area contributed by atoms with Gasteiger partial charge in [-0.3, -0.25) is 0 Å². The van der Waals surface area contributed by atoms with E-state index in [0.29, 0.717) is 5.92 Å². The fraction of sp³-hybridized carbons (Fsp3) is 0.231. The minimum atomic E-state index is 0.590. The smallest absolute Gasteiger partial charge is 0.0911 e. The molecular weight excluding hydrogens is 184 g/mol. The third kappa shape index (κ3) is 3.24. The van der Waals surface area contributed by atoms with Gasteiger partial charge < -0.3 is 0 Å². The Morgan fingerprint density at radius 1 is 1.29 bits per heavy atom. The van der Waals surface area contributed by atoms with Crippen LogP contribution in [0.2, 0.25) is 0 Å². The zero-order chi connectivity index (χ0) is 10.4. The molecule has 1 heteroatoms. The van der Waals surface area contributed by atoms with Crippen molar-refractivity contribution in [1.29, 1.82) is 0 Å². The van der Waals surface area contributed by atoms with Gasteiger partial charge in [0.05, 0.1) is 10.2 Å². The molecule has 0 aliphatic carbocycles. The van der Waals surface area contributed by atoms with Gasteiger partial charge in [0.15, 0.2) is 0 Å². The summed E-state index contributed by atoms with van der Waals surface area (Å²) >= 11 is 0. The highest BCUT2D eigenvalue weighted by Crippen LogP contribution is 2.10. The van der Waals surface area contributed by atoms with Crippen molar-refractivity contribution in [3.8, 4) is 11.5 Å². The van der Waals surface area contributed by atoms with Gasteiger partial charge in [0, 0.05) is 5.56 Å². The summed E-state index contributed by atoms with van der Waals surface area (Å²) in [4.78, 5) is 0. The van der Waals surface area contributed by atoms with Gasteiger partial charge in [-0.2, -0.15) is 0 Å². The van der Waals surface area contributed by atoms with Crippen LogP contribution in [-0.4, -0.2) is 10.2 Å². The quantitative estimate of drug-likeness (QED) is 0.506. The van der Waals surface area contributed by atoms with Gasteiger partial charge in [0.1, 0.15) is 0 Å². The van der Waals surface area contributed by atoms with E-state index in [4.69, 9.17) is 0 Å². The SMILES string of the molecule is CC(C)C=Cc1ccccc1C#C[SiH3]. The van der Waals surface area contributed by atoms with Crippen LogP contribution >= 0.6 is 0 Å². The van der Waals surface area contributed by atoms with Crippen LogP contribution in [0.1, 0.15) is 25.0 Å². The number of allylic oxidation sites excluding steroid dienone is 1. The molecule has 0 aromatic heterocycles. The summed E-state index contributed by atoms with van der Waals surface area (Å²) in [6.07, 6.45) is 4.36. The molecule has 1 rings (SSSR count). The summed E-state index contributed by atoms with van der Waals surface area (Å²) in [6.45, 7) is 4.36. The molecule has 0 aliphatic heterocycles. The Hall–Kier alpha value is -1.26. The topological polar surface area (TPSA) is 0 Å². The van der Waals surface area contributed by atoms with Crippen LogP contribution in [0, 0.1) is 17.4 Å². The molecule has 0 N–H and O–H groups in total. The van der Waals surface area contributed by atoms with Crippen LogP contribution < -0.4 is 0 Å². The molecule has 0 radical (unpaired) electrons. The van der Waals surface area contributed by atoms with E-state index in [-0.39, 0.29) is 0 Å². The molecule has 0 bridgehead atoms. The normalized spacial score (nSPS) is 10.5. The van der Waals surface area contributed by atoms with Crippen molar-refractivity contribution in [2.45, 2.75) is 13.8 Å². The van der Waals surface area contributed by atoms with Crippen molar-refractivity contribution in [1.82, 2.24) is 0 Å². The molecular formula is C13H16Si. The van der Waals surface area contributed by atoms with Gasteiger partial charge in [-0.05, 0) is 17.5 Å². The summed E-state index contributed by atoms with van der Waals surface area (Å²) in [6, 6.07) is 8.28. The molecule has 0 fully saturated rings. The van der Waals surface area contributed by atoms with E-state index in [1.54, 1.807) is 0 Å². The molecule has 0 saturated heterocycles. The van der Waals surface area contributed by atoms with Gasteiger partial charge in [-0.25, -0.2) is 0 Å². The maximum atomic E-state index is 3.16. The zero-order valence-corrected chi connectivity index (χ0v) is 11.0. The Balaban J connectivity index is 2.99. The lowest BCUT2D eigenvalue weighted by Crippen LogP contribution is -1.83. The molecule has 72 valence electrons. The van der Waals surface area contributed by atoms with E-state index in [2.05, 4.69) is 55.7 Å². The van der Waals surface area contributed by atoms with E-state index in [1.807, 2.05) is 6.07 Å². The molecule has 0 unspecified atom stereocenters. The van der Waals surface area contributed by atoms with E-state index in [9.17, 15) is 0 Å². The number of hydrogen-bond donors (Lipinski definition) is 0. The summed E-state index contributed by atoms with van der Waals surface area (Å²) in [5.74, 6) is 3.75. The van der Waals surface area contributed by atoms with Gasteiger partial charge >= 0.3 is 0 Å². The van der Waals surface area contributed by atoms with Crippen molar-refractivity contribution in [2.24, 2.45) is 5.92 Å². The number of hydrogen-bond acceptors (Lipinski definition) is 0. The molecule has 0 aliphatic rings. The van der Waals surface area contributed by atoms with Crippen LogP contribution in [0.15, 0.2) is 30.3 Å². The highest BCUT2D eigenvalue weighted by Gasteiger charge is 1.93. The Morgan fingerprint density at radius 2 is 2.00 bits per heavy atom. The van der Waals surface area contributed by atoms with E-state index < -0.39 is 0 Å². The lowest BCUT2D eigenvalue weighted by atomic mass is 10.1. The molecule has 0 heterocycles. The average Bonchev–Trinajstić information content (AvgIpc) is 2.17. The second-order valence-corrected chi connectivity index (χ2v) is 4.07. The monoisotopic (exact) mass is 200 g/mol. The molecule has 1 aromatic rings. The maximum Gasteiger partial charge on any atom is 0.0911 e. The molecule has 0 spiro atoms. The highest BCUT2D eigenvalue weighted by molar-refractivity contribution is 6.22. The predicted octanol–water partition coefficient (Wildman–Crippen LogP) is 2.03. The summed E-state index contributed by atoms with van der Waals surface area (Å²) < 4.78 is 0. The van der Waals surface area contributed by atoms with Crippen molar-refractivity contribution >= 4 is 16.3 Å². The number of benzene rings is 1. The summed E-state index contributed by atoms with van der Waals surface area (Å²) in [7, 11) is 0.937. The molecule has 0 amide bonds. The van der Waals surface area contributed by atoms with Crippen LogP contribution in [0.25, 0.3) is 6.08 Å². The molecule has 0 saturated carbocycles. The van der Waals surface area contributed by atoms with Gasteiger partial charge in [0.2, 0.25) is 0 Å². The van der Waals surface area contributed by atoms with Crippen LogP contribution in [-0.2, 0) is 0 Å².